The number of nitrogens with zero attached hydrogens (tertiary/aromatic N) is 5. The molecule has 2 aliphatic rings. The topological polar surface area (TPSA) is 66.3 Å². The zero-order valence-corrected chi connectivity index (χ0v) is 13.6. The van der Waals surface area contributed by atoms with Gasteiger partial charge in [0.25, 0.3) is 5.91 Å². The minimum absolute atomic E-state index is 0.0187. The first-order valence-electron chi connectivity index (χ1n) is 8.53. The number of amides is 1. The summed E-state index contributed by atoms with van der Waals surface area (Å²) in [7, 11) is 0. The molecule has 1 unspecified atom stereocenters. The molecule has 1 aromatic heterocycles. The number of hydrogen-bond donors (Lipinski definition) is 1. The fourth-order valence-electron chi connectivity index (χ4n) is 3.50. The number of benzene rings is 1. The Morgan fingerprint density at radius 1 is 1.12 bits per heavy atom. The average Bonchev–Trinajstić information content (AvgIpc) is 3.33. The van der Waals surface area contributed by atoms with E-state index in [1.165, 1.54) is 0 Å². The summed E-state index contributed by atoms with van der Waals surface area (Å²) in [5, 5.41) is 11.5. The molecular formula is C17H22N6O. The van der Waals surface area contributed by atoms with E-state index in [0.717, 1.165) is 51.4 Å². The fourth-order valence-corrected chi connectivity index (χ4v) is 3.50. The van der Waals surface area contributed by atoms with E-state index < -0.39 is 0 Å². The third-order valence-electron chi connectivity index (χ3n) is 4.85. The second-order valence-electron chi connectivity index (χ2n) is 6.36. The molecule has 0 aliphatic carbocycles. The van der Waals surface area contributed by atoms with Gasteiger partial charge in [0.15, 0.2) is 5.69 Å². The minimum atomic E-state index is -0.0187. The van der Waals surface area contributed by atoms with E-state index in [2.05, 4.69) is 20.5 Å². The van der Waals surface area contributed by atoms with Crippen LogP contribution in [0.4, 0.5) is 0 Å². The number of para-hydroxylation sites is 1. The molecule has 0 bridgehead atoms. The van der Waals surface area contributed by atoms with Crippen LogP contribution >= 0.6 is 0 Å². The highest BCUT2D eigenvalue weighted by molar-refractivity contribution is 5.92. The van der Waals surface area contributed by atoms with Crippen LogP contribution in [0.2, 0.25) is 0 Å². The van der Waals surface area contributed by atoms with Crippen LogP contribution in [0.1, 0.15) is 16.9 Å². The van der Waals surface area contributed by atoms with Crippen LogP contribution in [-0.4, -0.2) is 76.0 Å². The molecule has 2 aromatic rings. The van der Waals surface area contributed by atoms with Crippen molar-refractivity contribution in [2.24, 2.45) is 0 Å². The Kier molecular flexibility index (Phi) is 4.27. The number of piperazine rings is 1. The SMILES string of the molecule is O=C(c1cn(-c2ccccc2)nn1)N1CCC(N2CCNCC2)C1. The summed E-state index contributed by atoms with van der Waals surface area (Å²) in [5.74, 6) is -0.0187. The van der Waals surface area contributed by atoms with Gasteiger partial charge in [0.1, 0.15) is 0 Å². The molecule has 3 heterocycles. The Hall–Kier alpha value is -2.25. The average molecular weight is 326 g/mol. The highest BCUT2D eigenvalue weighted by Crippen LogP contribution is 2.18. The van der Waals surface area contributed by atoms with Crippen LogP contribution in [0.25, 0.3) is 5.69 Å². The molecule has 1 amide bonds. The van der Waals surface area contributed by atoms with Crippen LogP contribution in [0.15, 0.2) is 36.5 Å². The maximum atomic E-state index is 12.7. The van der Waals surface area contributed by atoms with Crippen LogP contribution in [-0.2, 0) is 0 Å². The molecule has 0 spiro atoms. The second-order valence-corrected chi connectivity index (χ2v) is 6.36. The minimum Gasteiger partial charge on any atom is -0.336 e. The van der Waals surface area contributed by atoms with Crippen LogP contribution in [0, 0.1) is 0 Å². The number of likely N-dealkylation sites (tertiary alicyclic amines) is 1. The Morgan fingerprint density at radius 3 is 2.71 bits per heavy atom. The van der Waals surface area contributed by atoms with E-state index in [4.69, 9.17) is 0 Å². The van der Waals surface area contributed by atoms with Gasteiger partial charge in [0.2, 0.25) is 0 Å². The van der Waals surface area contributed by atoms with Crippen molar-refractivity contribution in [2.45, 2.75) is 12.5 Å². The first-order valence-corrected chi connectivity index (χ1v) is 8.53. The van der Waals surface area contributed by atoms with Crippen LogP contribution in [0.3, 0.4) is 0 Å². The third-order valence-corrected chi connectivity index (χ3v) is 4.85. The van der Waals surface area contributed by atoms with Gasteiger partial charge in [-0.2, -0.15) is 0 Å². The van der Waals surface area contributed by atoms with Crippen LogP contribution in [0.5, 0.6) is 0 Å². The first-order chi connectivity index (χ1) is 11.8. The van der Waals surface area contributed by atoms with Gasteiger partial charge in [0.05, 0.1) is 11.9 Å². The largest absolute Gasteiger partial charge is 0.336 e. The molecule has 126 valence electrons. The van der Waals surface area contributed by atoms with Crippen molar-refractivity contribution < 1.29 is 4.79 Å². The predicted octanol–water partition coefficient (Wildman–Crippen LogP) is 0.387. The zero-order chi connectivity index (χ0) is 16.4. The van der Waals surface area contributed by atoms with Gasteiger partial charge in [0, 0.05) is 45.3 Å². The first kappa shape index (κ1) is 15.3. The monoisotopic (exact) mass is 326 g/mol. The Morgan fingerprint density at radius 2 is 1.92 bits per heavy atom. The molecule has 0 saturated carbocycles. The number of hydrogen-bond acceptors (Lipinski definition) is 5. The molecule has 0 radical (unpaired) electrons. The third kappa shape index (κ3) is 3.05. The van der Waals surface area contributed by atoms with Gasteiger partial charge < -0.3 is 10.2 Å². The summed E-state index contributed by atoms with van der Waals surface area (Å²) in [5.41, 5.74) is 1.32. The molecule has 7 heteroatoms. The number of carbonyl (C=O) groups excluding carboxylic acids is 1. The van der Waals surface area contributed by atoms with Crippen molar-refractivity contribution in [1.29, 1.82) is 0 Å². The maximum absolute atomic E-state index is 12.7. The van der Waals surface area contributed by atoms with E-state index in [1.54, 1.807) is 10.9 Å². The van der Waals surface area contributed by atoms with Crippen molar-refractivity contribution in [1.82, 2.24) is 30.1 Å². The molecule has 24 heavy (non-hydrogen) atoms. The summed E-state index contributed by atoms with van der Waals surface area (Å²) in [6.45, 7) is 5.79. The number of rotatable bonds is 3. The van der Waals surface area contributed by atoms with E-state index in [9.17, 15) is 4.79 Å². The van der Waals surface area contributed by atoms with Crippen molar-refractivity contribution in [3.63, 3.8) is 0 Å². The van der Waals surface area contributed by atoms with Gasteiger partial charge in [-0.3, -0.25) is 9.69 Å². The number of carbonyl (C=O) groups is 1. The lowest BCUT2D eigenvalue weighted by Gasteiger charge is -2.32. The van der Waals surface area contributed by atoms with E-state index >= 15 is 0 Å². The Labute approximate surface area is 141 Å². The zero-order valence-electron chi connectivity index (χ0n) is 13.6. The number of nitrogens with one attached hydrogen (secondary N) is 1. The van der Waals surface area contributed by atoms with Gasteiger partial charge >= 0.3 is 0 Å². The molecule has 2 saturated heterocycles. The predicted molar refractivity (Wildman–Crippen MR) is 90.1 cm³/mol. The molecule has 1 aromatic carbocycles. The molecule has 4 rings (SSSR count). The summed E-state index contributed by atoms with van der Waals surface area (Å²) < 4.78 is 1.65. The van der Waals surface area contributed by atoms with Crippen molar-refractivity contribution >= 4 is 5.91 Å². The summed E-state index contributed by atoms with van der Waals surface area (Å²) in [6.07, 6.45) is 2.76. The number of aromatic nitrogens is 3. The van der Waals surface area contributed by atoms with Gasteiger partial charge in [-0.15, -0.1) is 5.10 Å². The smallest absolute Gasteiger partial charge is 0.276 e. The highest BCUT2D eigenvalue weighted by Gasteiger charge is 2.32. The molecule has 1 atom stereocenters. The van der Waals surface area contributed by atoms with E-state index in [-0.39, 0.29) is 5.91 Å². The lowest BCUT2D eigenvalue weighted by molar-refractivity contribution is 0.0767. The van der Waals surface area contributed by atoms with Crippen molar-refractivity contribution in [3.8, 4) is 5.69 Å². The summed E-state index contributed by atoms with van der Waals surface area (Å²) in [4.78, 5) is 17.1. The lowest BCUT2D eigenvalue weighted by Crippen LogP contribution is -2.49. The molecule has 2 fully saturated rings. The summed E-state index contributed by atoms with van der Waals surface area (Å²) >= 11 is 0. The van der Waals surface area contributed by atoms with Crippen LogP contribution < -0.4 is 5.32 Å². The Bertz CT molecular complexity index is 694. The molecule has 1 N–H and O–H groups in total. The van der Waals surface area contributed by atoms with Gasteiger partial charge in [-0.1, -0.05) is 23.4 Å². The molecule has 7 nitrogen and oxygen atoms in total. The lowest BCUT2D eigenvalue weighted by atomic mass is 10.2. The van der Waals surface area contributed by atoms with E-state index in [1.807, 2.05) is 35.2 Å². The fraction of sp³-hybridized carbons (Fsp3) is 0.471. The standard InChI is InChI=1S/C17H22N6O/c24-17(16-13-23(20-19-16)14-4-2-1-3-5-14)22-9-6-15(12-22)21-10-7-18-8-11-21/h1-5,13,15,18H,6-12H2. The Balaban J connectivity index is 1.42. The maximum Gasteiger partial charge on any atom is 0.276 e. The quantitative estimate of drug-likeness (QED) is 0.884. The van der Waals surface area contributed by atoms with Crippen molar-refractivity contribution in [2.75, 3.05) is 39.3 Å². The van der Waals surface area contributed by atoms with Gasteiger partial charge in [-0.25, -0.2) is 4.68 Å². The normalized spacial score (nSPS) is 22.0. The van der Waals surface area contributed by atoms with E-state index in [0.29, 0.717) is 11.7 Å². The van der Waals surface area contributed by atoms with Gasteiger partial charge in [-0.05, 0) is 18.6 Å². The second kappa shape index (κ2) is 6.70. The summed E-state index contributed by atoms with van der Waals surface area (Å²) in [6, 6.07) is 10.2. The molecule has 2 aliphatic heterocycles. The molecular weight excluding hydrogens is 304 g/mol. The highest BCUT2D eigenvalue weighted by atomic mass is 16.2. The van der Waals surface area contributed by atoms with Crippen molar-refractivity contribution in [3.05, 3.63) is 42.2 Å².